The molecule has 2 N–H and O–H groups in total. The third kappa shape index (κ3) is 3.54. The molecule has 0 aromatic heterocycles. The van der Waals surface area contributed by atoms with Gasteiger partial charge in [-0.25, -0.2) is 4.39 Å². The zero-order valence-corrected chi connectivity index (χ0v) is 11.9. The fourth-order valence-corrected chi connectivity index (χ4v) is 2.08. The molecular weight excluding hydrogens is 347 g/mol. The van der Waals surface area contributed by atoms with Crippen LogP contribution in [-0.2, 0) is 0 Å². The lowest BCUT2D eigenvalue weighted by Gasteiger charge is -2.07. The largest absolute Gasteiger partial charge is 0.506 e. The average Bonchev–Trinajstić information content (AvgIpc) is 2.39. The zero-order chi connectivity index (χ0) is 15.6. The number of hydrogen-bond donors (Lipinski definition) is 2. The molecular formula is C13H8BrFN2O4. The number of carbonyl (C=O) groups excluding carboxylic acids is 1. The second kappa shape index (κ2) is 5.88. The van der Waals surface area contributed by atoms with Crippen LogP contribution in [0.25, 0.3) is 0 Å². The number of non-ortho nitro benzene ring substituents is 1. The number of carbonyl (C=O) groups is 1. The van der Waals surface area contributed by atoms with Crippen LogP contribution in [0.2, 0.25) is 0 Å². The van der Waals surface area contributed by atoms with Gasteiger partial charge in [-0.05, 0) is 24.3 Å². The van der Waals surface area contributed by atoms with Crippen LogP contribution in [0.4, 0.5) is 15.8 Å². The Morgan fingerprint density at radius 3 is 2.62 bits per heavy atom. The topological polar surface area (TPSA) is 92.5 Å². The molecule has 0 heterocycles. The number of phenolic OH excluding ortho intramolecular Hbond substituents is 1. The van der Waals surface area contributed by atoms with Gasteiger partial charge in [-0.15, -0.1) is 0 Å². The minimum absolute atomic E-state index is 0.00720. The van der Waals surface area contributed by atoms with E-state index in [0.717, 1.165) is 24.3 Å². The quantitative estimate of drug-likeness (QED) is 0.501. The molecule has 0 aliphatic rings. The number of nitrogens with zero attached hydrogens (tertiary/aromatic N) is 1. The number of anilines is 1. The van der Waals surface area contributed by atoms with Crippen molar-refractivity contribution in [1.29, 1.82) is 0 Å². The zero-order valence-electron chi connectivity index (χ0n) is 10.3. The van der Waals surface area contributed by atoms with E-state index < -0.39 is 16.6 Å². The highest BCUT2D eigenvalue weighted by atomic mass is 79.9. The summed E-state index contributed by atoms with van der Waals surface area (Å²) < 4.78 is 13.6. The van der Waals surface area contributed by atoms with Crippen LogP contribution in [0, 0.1) is 15.9 Å². The molecule has 0 fully saturated rings. The summed E-state index contributed by atoms with van der Waals surface area (Å²) in [6, 6.07) is 6.78. The summed E-state index contributed by atoms with van der Waals surface area (Å²) in [5.74, 6) is -1.65. The van der Waals surface area contributed by atoms with E-state index in [1.54, 1.807) is 0 Å². The molecule has 8 heteroatoms. The molecule has 2 aromatic rings. The molecule has 0 bridgehead atoms. The first-order chi connectivity index (χ1) is 9.86. The van der Waals surface area contributed by atoms with Crippen molar-refractivity contribution >= 4 is 33.2 Å². The van der Waals surface area contributed by atoms with Gasteiger partial charge >= 0.3 is 0 Å². The van der Waals surface area contributed by atoms with Gasteiger partial charge in [0.1, 0.15) is 11.6 Å². The number of nitrogens with one attached hydrogen (secondary N) is 1. The third-order valence-corrected chi connectivity index (χ3v) is 3.02. The van der Waals surface area contributed by atoms with Gasteiger partial charge < -0.3 is 10.4 Å². The standard InChI is InChI=1S/C13H8BrFN2O4/c14-8-3-7(4-9(15)5-8)13(19)16-11-6-10(17(20)21)1-2-12(11)18/h1-6,18H,(H,16,19). The molecule has 0 atom stereocenters. The predicted octanol–water partition coefficient (Wildman–Crippen LogP) is 3.45. The monoisotopic (exact) mass is 354 g/mol. The maximum absolute atomic E-state index is 13.2. The lowest BCUT2D eigenvalue weighted by atomic mass is 10.2. The lowest BCUT2D eigenvalue weighted by molar-refractivity contribution is -0.384. The lowest BCUT2D eigenvalue weighted by Crippen LogP contribution is -2.12. The molecule has 0 spiro atoms. The van der Waals surface area contributed by atoms with Crippen molar-refractivity contribution in [3.63, 3.8) is 0 Å². The number of aromatic hydroxyl groups is 1. The summed E-state index contributed by atoms with van der Waals surface area (Å²) in [6.07, 6.45) is 0. The van der Waals surface area contributed by atoms with E-state index in [-0.39, 0.29) is 22.7 Å². The van der Waals surface area contributed by atoms with E-state index in [1.807, 2.05) is 0 Å². The average molecular weight is 355 g/mol. The molecule has 1 amide bonds. The highest BCUT2D eigenvalue weighted by Gasteiger charge is 2.14. The van der Waals surface area contributed by atoms with Crippen molar-refractivity contribution in [1.82, 2.24) is 0 Å². The Bertz CT molecular complexity index is 716. The first kappa shape index (κ1) is 14.9. The Kier molecular flexibility index (Phi) is 4.18. The van der Waals surface area contributed by atoms with Gasteiger partial charge in [0.15, 0.2) is 0 Å². The summed E-state index contributed by atoms with van der Waals surface area (Å²) in [5.41, 5.74) is -0.411. The Labute approximate surface area is 126 Å². The Balaban J connectivity index is 2.31. The Morgan fingerprint density at radius 1 is 1.29 bits per heavy atom. The van der Waals surface area contributed by atoms with Crippen molar-refractivity contribution < 1.29 is 19.2 Å². The molecule has 0 saturated carbocycles. The van der Waals surface area contributed by atoms with E-state index in [0.29, 0.717) is 4.47 Å². The number of benzene rings is 2. The number of halogens is 2. The van der Waals surface area contributed by atoms with E-state index in [1.165, 1.54) is 12.1 Å². The maximum Gasteiger partial charge on any atom is 0.271 e. The molecule has 0 aliphatic carbocycles. The normalized spacial score (nSPS) is 10.2. The molecule has 0 aliphatic heterocycles. The number of nitro groups is 1. The number of rotatable bonds is 3. The van der Waals surface area contributed by atoms with E-state index in [2.05, 4.69) is 21.2 Å². The summed E-state index contributed by atoms with van der Waals surface area (Å²) in [7, 11) is 0. The molecule has 0 unspecified atom stereocenters. The van der Waals surface area contributed by atoms with Crippen molar-refractivity contribution in [3.05, 3.63) is 62.4 Å². The van der Waals surface area contributed by atoms with Gasteiger partial charge in [-0.2, -0.15) is 0 Å². The van der Waals surface area contributed by atoms with Crippen molar-refractivity contribution in [3.8, 4) is 5.75 Å². The van der Waals surface area contributed by atoms with Gasteiger partial charge in [0.05, 0.1) is 10.6 Å². The van der Waals surface area contributed by atoms with E-state index in [4.69, 9.17) is 0 Å². The molecule has 108 valence electrons. The highest BCUT2D eigenvalue weighted by Crippen LogP contribution is 2.28. The number of nitro benzene ring substituents is 1. The fourth-order valence-electron chi connectivity index (χ4n) is 1.62. The number of hydrogen-bond acceptors (Lipinski definition) is 4. The van der Waals surface area contributed by atoms with Gasteiger partial charge in [0, 0.05) is 22.2 Å². The summed E-state index contributed by atoms with van der Waals surface area (Å²) in [6.45, 7) is 0. The summed E-state index contributed by atoms with van der Waals surface area (Å²) >= 11 is 3.05. The van der Waals surface area contributed by atoms with E-state index in [9.17, 15) is 24.4 Å². The van der Waals surface area contributed by atoms with Gasteiger partial charge in [0.25, 0.3) is 11.6 Å². The minimum atomic E-state index is -0.703. The van der Waals surface area contributed by atoms with Crippen LogP contribution in [-0.4, -0.2) is 15.9 Å². The maximum atomic E-state index is 13.2. The second-order valence-corrected chi connectivity index (χ2v) is 4.99. The Morgan fingerprint density at radius 2 is 2.00 bits per heavy atom. The summed E-state index contributed by atoms with van der Waals surface area (Å²) in [4.78, 5) is 22.0. The minimum Gasteiger partial charge on any atom is -0.506 e. The first-order valence-corrected chi connectivity index (χ1v) is 6.41. The second-order valence-electron chi connectivity index (χ2n) is 4.07. The number of amides is 1. The van der Waals surface area contributed by atoms with Crippen LogP contribution >= 0.6 is 15.9 Å². The van der Waals surface area contributed by atoms with Gasteiger partial charge in [-0.3, -0.25) is 14.9 Å². The third-order valence-electron chi connectivity index (χ3n) is 2.56. The first-order valence-electron chi connectivity index (χ1n) is 5.61. The molecule has 2 aromatic carbocycles. The van der Waals surface area contributed by atoms with Crippen LogP contribution in [0.15, 0.2) is 40.9 Å². The van der Waals surface area contributed by atoms with Crippen LogP contribution in [0.3, 0.4) is 0 Å². The SMILES string of the molecule is O=C(Nc1cc([N+](=O)[O-])ccc1O)c1cc(F)cc(Br)c1. The number of phenols is 1. The van der Waals surface area contributed by atoms with Crippen molar-refractivity contribution in [2.75, 3.05) is 5.32 Å². The molecule has 21 heavy (non-hydrogen) atoms. The van der Waals surface area contributed by atoms with Crippen LogP contribution in [0.1, 0.15) is 10.4 Å². The Hall–Kier alpha value is -2.48. The fraction of sp³-hybridized carbons (Fsp3) is 0. The van der Waals surface area contributed by atoms with E-state index >= 15 is 0 Å². The molecule has 0 radical (unpaired) electrons. The highest BCUT2D eigenvalue weighted by molar-refractivity contribution is 9.10. The van der Waals surface area contributed by atoms with Gasteiger partial charge in [-0.1, -0.05) is 15.9 Å². The molecule has 2 rings (SSSR count). The van der Waals surface area contributed by atoms with Crippen molar-refractivity contribution in [2.24, 2.45) is 0 Å². The van der Waals surface area contributed by atoms with Crippen LogP contribution in [0.5, 0.6) is 5.75 Å². The summed E-state index contributed by atoms with van der Waals surface area (Å²) in [5, 5.41) is 22.6. The molecule has 6 nitrogen and oxygen atoms in total. The predicted molar refractivity (Wildman–Crippen MR) is 76.8 cm³/mol. The van der Waals surface area contributed by atoms with Gasteiger partial charge in [0.2, 0.25) is 0 Å². The molecule has 0 saturated heterocycles. The smallest absolute Gasteiger partial charge is 0.271 e. The van der Waals surface area contributed by atoms with Crippen molar-refractivity contribution in [2.45, 2.75) is 0 Å². The van der Waals surface area contributed by atoms with Crippen LogP contribution < -0.4 is 5.32 Å².